The average molecular weight is 393 g/mol. The molecular formula is C23H28N4O2. The van der Waals surface area contributed by atoms with Gasteiger partial charge in [-0.25, -0.2) is 4.79 Å². The summed E-state index contributed by atoms with van der Waals surface area (Å²) in [7, 11) is 1.86. The maximum atomic E-state index is 12.8. The topological polar surface area (TPSA) is 77.0 Å². The second kappa shape index (κ2) is 7.52. The van der Waals surface area contributed by atoms with Gasteiger partial charge in [0.15, 0.2) is 0 Å². The van der Waals surface area contributed by atoms with Gasteiger partial charge in [-0.1, -0.05) is 68.4 Å². The predicted octanol–water partition coefficient (Wildman–Crippen LogP) is 3.14. The molecule has 0 saturated carbocycles. The van der Waals surface area contributed by atoms with Crippen molar-refractivity contribution in [1.29, 1.82) is 0 Å². The van der Waals surface area contributed by atoms with E-state index in [0.29, 0.717) is 12.8 Å². The van der Waals surface area contributed by atoms with Crippen LogP contribution in [0.5, 0.6) is 0 Å². The minimum absolute atomic E-state index is 0.130. The molecule has 1 aliphatic carbocycles. The first-order chi connectivity index (χ1) is 13.8. The van der Waals surface area contributed by atoms with Crippen molar-refractivity contribution >= 4 is 11.7 Å². The number of hydrazone groups is 1. The second-order valence-corrected chi connectivity index (χ2v) is 8.54. The van der Waals surface area contributed by atoms with Crippen molar-refractivity contribution in [3.8, 4) is 0 Å². The minimum atomic E-state index is -0.636. The maximum absolute atomic E-state index is 12.8. The van der Waals surface area contributed by atoms with Crippen LogP contribution in [0.3, 0.4) is 0 Å². The normalized spacial score (nSPS) is 25.2. The molecule has 152 valence electrons. The van der Waals surface area contributed by atoms with Crippen LogP contribution in [0.15, 0.2) is 59.7 Å². The van der Waals surface area contributed by atoms with E-state index in [1.54, 1.807) is 5.01 Å². The fourth-order valence-corrected chi connectivity index (χ4v) is 4.42. The summed E-state index contributed by atoms with van der Waals surface area (Å²) in [4.78, 5) is 12.8. The molecule has 0 radical (unpaired) electrons. The summed E-state index contributed by atoms with van der Waals surface area (Å²) in [5.41, 5.74) is 4.02. The second-order valence-electron chi connectivity index (χ2n) is 8.54. The van der Waals surface area contributed by atoms with Crippen LogP contribution < -0.4 is 10.6 Å². The van der Waals surface area contributed by atoms with Crippen LogP contribution in [0, 0.1) is 0 Å². The highest BCUT2D eigenvalue weighted by Gasteiger charge is 2.39. The fourth-order valence-electron chi connectivity index (χ4n) is 4.42. The first-order valence-corrected chi connectivity index (χ1v) is 10.1. The van der Waals surface area contributed by atoms with Gasteiger partial charge in [-0.05, 0) is 28.5 Å². The molecule has 1 aliphatic heterocycles. The van der Waals surface area contributed by atoms with E-state index in [0.717, 1.165) is 16.8 Å². The molecule has 1 heterocycles. The van der Waals surface area contributed by atoms with Gasteiger partial charge in [0.2, 0.25) is 0 Å². The molecule has 0 saturated heterocycles. The molecule has 2 aliphatic rings. The summed E-state index contributed by atoms with van der Waals surface area (Å²) in [5.74, 6) is 0. The minimum Gasteiger partial charge on any atom is -0.391 e. The number of urea groups is 1. The monoisotopic (exact) mass is 392 g/mol. The molecule has 0 aromatic heterocycles. The van der Waals surface area contributed by atoms with E-state index in [2.05, 4.69) is 35.6 Å². The molecule has 3 atom stereocenters. The number of amides is 2. The third-order valence-electron chi connectivity index (χ3n) is 5.94. The summed E-state index contributed by atoms with van der Waals surface area (Å²) >= 11 is 0. The van der Waals surface area contributed by atoms with Crippen molar-refractivity contribution < 1.29 is 9.90 Å². The Morgan fingerprint density at radius 2 is 1.79 bits per heavy atom. The molecule has 6 nitrogen and oxygen atoms in total. The number of aliphatic hydroxyl groups is 1. The number of nitrogens with zero attached hydrogens (tertiary/aromatic N) is 2. The van der Waals surface area contributed by atoms with Crippen LogP contribution in [-0.2, 0) is 5.41 Å². The molecule has 6 heteroatoms. The Morgan fingerprint density at radius 3 is 2.55 bits per heavy atom. The third kappa shape index (κ3) is 3.85. The third-order valence-corrected chi connectivity index (χ3v) is 5.94. The molecule has 3 N–H and O–H groups in total. The molecule has 4 rings (SSSR count). The smallest absolute Gasteiger partial charge is 0.317 e. The fraction of sp³-hybridized carbons (Fsp3) is 0.391. The van der Waals surface area contributed by atoms with Crippen molar-refractivity contribution in [2.24, 2.45) is 5.10 Å². The summed E-state index contributed by atoms with van der Waals surface area (Å²) in [6.07, 6.45) is 0.366. The van der Waals surface area contributed by atoms with Crippen LogP contribution in [0.4, 0.5) is 4.79 Å². The number of fused-ring (bicyclic) bond motifs is 1. The molecule has 2 aromatic rings. The maximum Gasteiger partial charge on any atom is 0.317 e. The molecule has 0 fully saturated rings. The van der Waals surface area contributed by atoms with Crippen LogP contribution in [0.25, 0.3) is 0 Å². The number of benzene rings is 2. The van der Waals surface area contributed by atoms with Gasteiger partial charge in [0.1, 0.15) is 6.17 Å². The summed E-state index contributed by atoms with van der Waals surface area (Å²) in [5, 5.41) is 23.1. The van der Waals surface area contributed by atoms with E-state index in [1.807, 2.05) is 55.6 Å². The van der Waals surface area contributed by atoms with E-state index < -0.39 is 12.1 Å². The lowest BCUT2D eigenvalue weighted by molar-refractivity contribution is 0.0862. The van der Waals surface area contributed by atoms with Gasteiger partial charge in [0.05, 0.1) is 17.9 Å². The molecule has 2 amide bonds. The van der Waals surface area contributed by atoms with Crippen LogP contribution >= 0.6 is 0 Å². The van der Waals surface area contributed by atoms with E-state index >= 15 is 0 Å². The molecule has 29 heavy (non-hydrogen) atoms. The average Bonchev–Trinajstić information content (AvgIpc) is 3.06. The Balaban J connectivity index is 1.44. The van der Waals surface area contributed by atoms with Crippen molar-refractivity contribution in [3.05, 3.63) is 71.3 Å². The lowest BCUT2D eigenvalue weighted by atomic mass is 9.70. The number of aliphatic hydroxyl groups excluding tert-OH is 1. The number of hydrogen-bond donors (Lipinski definition) is 3. The van der Waals surface area contributed by atoms with Gasteiger partial charge in [-0.3, -0.25) is 5.01 Å². The number of nitrogens with one attached hydrogen (secondary N) is 2. The first kappa shape index (κ1) is 19.5. The largest absolute Gasteiger partial charge is 0.391 e. The summed E-state index contributed by atoms with van der Waals surface area (Å²) in [6, 6.07) is 17.3. The van der Waals surface area contributed by atoms with Crippen molar-refractivity contribution in [2.75, 3.05) is 7.05 Å². The lowest BCUT2D eigenvalue weighted by Gasteiger charge is -2.40. The van der Waals surface area contributed by atoms with Crippen LogP contribution in [-0.4, -0.2) is 41.2 Å². The first-order valence-electron chi connectivity index (χ1n) is 10.1. The quantitative estimate of drug-likeness (QED) is 0.751. The highest BCUT2D eigenvalue weighted by Crippen LogP contribution is 2.41. The zero-order chi connectivity index (χ0) is 20.6. The SMILES string of the molecule is CN1N=C(c2ccccc2)CC1NC(=O)N[C@@H]1c2ccccc2C(C)(C)C[C@H]1O. The van der Waals surface area contributed by atoms with Gasteiger partial charge >= 0.3 is 6.03 Å². The van der Waals surface area contributed by atoms with Crippen LogP contribution in [0.1, 0.15) is 49.4 Å². The van der Waals surface area contributed by atoms with Crippen LogP contribution in [0.2, 0.25) is 0 Å². The lowest BCUT2D eigenvalue weighted by Crippen LogP contribution is -2.51. The van der Waals surface area contributed by atoms with Gasteiger partial charge in [-0.15, -0.1) is 0 Å². The van der Waals surface area contributed by atoms with Gasteiger partial charge in [0.25, 0.3) is 0 Å². The van der Waals surface area contributed by atoms with Gasteiger partial charge in [-0.2, -0.15) is 5.10 Å². The van der Waals surface area contributed by atoms with Gasteiger partial charge < -0.3 is 15.7 Å². The number of rotatable bonds is 3. The Bertz CT molecular complexity index is 925. The van der Waals surface area contributed by atoms with E-state index in [9.17, 15) is 9.90 Å². The molecule has 2 aromatic carbocycles. The van der Waals surface area contributed by atoms with E-state index in [1.165, 1.54) is 5.56 Å². The van der Waals surface area contributed by atoms with Crippen molar-refractivity contribution in [1.82, 2.24) is 15.6 Å². The Morgan fingerprint density at radius 1 is 1.10 bits per heavy atom. The standard InChI is InChI=1S/C23H28N4O2/c1-23(2)14-19(28)21(16-11-7-8-12-17(16)23)25-22(29)24-20-13-18(26-27(20)3)15-9-5-4-6-10-15/h4-12,19-21,28H,13-14H2,1-3H3,(H2,24,25,29)/t19-,20?,21-/m1/s1. The number of hydrogen-bond acceptors (Lipinski definition) is 4. The highest BCUT2D eigenvalue weighted by atomic mass is 16.3. The highest BCUT2D eigenvalue weighted by molar-refractivity contribution is 6.01. The van der Waals surface area contributed by atoms with E-state index in [4.69, 9.17) is 0 Å². The Labute approximate surface area is 171 Å². The zero-order valence-corrected chi connectivity index (χ0v) is 17.1. The molecule has 0 bridgehead atoms. The molecular weight excluding hydrogens is 364 g/mol. The van der Waals surface area contributed by atoms with Crippen molar-refractivity contribution in [2.45, 2.75) is 50.4 Å². The summed E-state index contributed by atoms with van der Waals surface area (Å²) in [6.45, 7) is 4.25. The van der Waals surface area contributed by atoms with Crippen molar-refractivity contribution in [3.63, 3.8) is 0 Å². The summed E-state index contributed by atoms with van der Waals surface area (Å²) < 4.78 is 0. The predicted molar refractivity (Wildman–Crippen MR) is 114 cm³/mol. The number of carbonyl (C=O) groups excluding carboxylic acids is 1. The number of carbonyl (C=O) groups is 1. The Hall–Kier alpha value is -2.86. The van der Waals surface area contributed by atoms with E-state index in [-0.39, 0.29) is 17.6 Å². The zero-order valence-electron chi connectivity index (χ0n) is 17.1. The Kier molecular flexibility index (Phi) is 5.04. The molecule has 0 spiro atoms. The molecule has 1 unspecified atom stereocenters. The van der Waals surface area contributed by atoms with Gasteiger partial charge in [0, 0.05) is 13.5 Å².